The van der Waals surface area contributed by atoms with Gasteiger partial charge >= 0.3 is 0 Å². The number of carbonyl (C=O) groups excluding carboxylic acids is 1. The van der Waals surface area contributed by atoms with Gasteiger partial charge in [0, 0.05) is 20.3 Å². The number of nitrogens with one attached hydrogen (secondary N) is 1. The maximum absolute atomic E-state index is 12.5. The van der Waals surface area contributed by atoms with Crippen LogP contribution in [0.1, 0.15) is 17.0 Å². The molecule has 0 saturated carbocycles. The first-order valence-electron chi connectivity index (χ1n) is 9.54. The first-order valence-corrected chi connectivity index (χ1v) is 12.0. The molecular formula is C21H25N5O3S2. The Bertz CT molecular complexity index is 1190. The van der Waals surface area contributed by atoms with Crippen molar-refractivity contribution in [3.8, 4) is 5.69 Å². The van der Waals surface area contributed by atoms with Gasteiger partial charge in [0.1, 0.15) is 4.90 Å². The zero-order valence-corrected chi connectivity index (χ0v) is 19.7. The fraction of sp³-hybridized carbons (Fsp3) is 0.286. The van der Waals surface area contributed by atoms with Crippen LogP contribution in [0.2, 0.25) is 0 Å². The minimum Gasteiger partial charge on any atom is -0.322 e. The summed E-state index contributed by atoms with van der Waals surface area (Å²) in [7, 11) is -0.594. The Hall–Kier alpha value is -2.69. The number of thioether (sulfide) groups is 1. The lowest BCUT2D eigenvalue weighted by Crippen LogP contribution is -2.22. The van der Waals surface area contributed by atoms with Crippen molar-refractivity contribution in [2.45, 2.75) is 30.7 Å². The van der Waals surface area contributed by atoms with E-state index in [0.717, 1.165) is 26.9 Å². The van der Waals surface area contributed by atoms with Crippen LogP contribution in [0.4, 0.5) is 5.69 Å². The lowest BCUT2D eigenvalue weighted by molar-refractivity contribution is -0.113. The van der Waals surface area contributed by atoms with Crippen LogP contribution in [0.15, 0.2) is 52.5 Å². The molecule has 0 bridgehead atoms. The highest BCUT2D eigenvalue weighted by molar-refractivity contribution is 7.99. The molecule has 3 aromatic rings. The van der Waals surface area contributed by atoms with Gasteiger partial charge in [0.25, 0.3) is 0 Å². The number of benzene rings is 1. The van der Waals surface area contributed by atoms with E-state index in [0.29, 0.717) is 10.7 Å². The molecule has 1 amide bonds. The van der Waals surface area contributed by atoms with Crippen LogP contribution in [0, 0.1) is 20.8 Å². The quantitative estimate of drug-likeness (QED) is 0.545. The van der Waals surface area contributed by atoms with Gasteiger partial charge in [0.2, 0.25) is 15.9 Å². The van der Waals surface area contributed by atoms with Gasteiger partial charge in [-0.3, -0.25) is 4.79 Å². The van der Waals surface area contributed by atoms with Crippen LogP contribution in [-0.2, 0) is 14.8 Å². The lowest BCUT2D eigenvalue weighted by Gasteiger charge is -2.11. The number of sulfonamides is 1. The van der Waals surface area contributed by atoms with Gasteiger partial charge in [-0.1, -0.05) is 29.5 Å². The van der Waals surface area contributed by atoms with Crippen molar-refractivity contribution in [3.63, 3.8) is 0 Å². The second-order valence-corrected chi connectivity index (χ2v) is 10.4. The number of anilines is 1. The molecular weight excluding hydrogens is 434 g/mol. The van der Waals surface area contributed by atoms with Crippen LogP contribution in [-0.4, -0.2) is 53.2 Å². The van der Waals surface area contributed by atoms with Gasteiger partial charge in [0.05, 0.1) is 33.5 Å². The molecule has 2 aromatic heterocycles. The third-order valence-corrected chi connectivity index (χ3v) is 7.42. The standard InChI is InChI=1S/C21H25N5O3S2/c1-14-6-8-17(9-7-14)26-16(3)21(15(2)24-26)23-19(27)13-30-20-11-10-18(12-22-20)31(28,29)25(4)5/h6-12H,13H2,1-5H3,(H,23,27). The van der Waals surface area contributed by atoms with E-state index in [1.807, 2.05) is 49.7 Å². The molecule has 0 aliphatic carbocycles. The molecule has 1 aromatic carbocycles. The van der Waals surface area contributed by atoms with Crippen molar-refractivity contribution in [2.24, 2.45) is 0 Å². The van der Waals surface area contributed by atoms with E-state index in [1.165, 1.54) is 38.1 Å². The number of aromatic nitrogens is 3. The van der Waals surface area contributed by atoms with E-state index in [-0.39, 0.29) is 16.6 Å². The average molecular weight is 460 g/mol. The Balaban J connectivity index is 1.66. The van der Waals surface area contributed by atoms with Crippen molar-refractivity contribution in [2.75, 3.05) is 25.2 Å². The number of pyridine rings is 1. The van der Waals surface area contributed by atoms with Gasteiger partial charge in [-0.05, 0) is 45.0 Å². The van der Waals surface area contributed by atoms with E-state index in [4.69, 9.17) is 0 Å². The summed E-state index contributed by atoms with van der Waals surface area (Å²) in [5.74, 6) is -0.0482. The van der Waals surface area contributed by atoms with Gasteiger partial charge < -0.3 is 5.32 Å². The Morgan fingerprint density at radius 2 is 1.77 bits per heavy atom. The molecule has 8 nitrogen and oxygen atoms in total. The number of hydrogen-bond acceptors (Lipinski definition) is 6. The van der Waals surface area contributed by atoms with Crippen molar-refractivity contribution in [1.29, 1.82) is 0 Å². The maximum atomic E-state index is 12.5. The molecule has 1 N–H and O–H groups in total. The number of carbonyl (C=O) groups is 1. The number of amides is 1. The van der Waals surface area contributed by atoms with E-state index >= 15 is 0 Å². The van der Waals surface area contributed by atoms with Crippen LogP contribution in [0.3, 0.4) is 0 Å². The molecule has 10 heteroatoms. The fourth-order valence-corrected chi connectivity index (χ4v) is 4.38. The second-order valence-electron chi connectivity index (χ2n) is 7.25. The molecule has 0 aliphatic heterocycles. The lowest BCUT2D eigenvalue weighted by atomic mass is 10.2. The van der Waals surface area contributed by atoms with Crippen LogP contribution in [0.25, 0.3) is 5.69 Å². The van der Waals surface area contributed by atoms with E-state index in [9.17, 15) is 13.2 Å². The molecule has 0 radical (unpaired) electrons. The smallest absolute Gasteiger partial charge is 0.244 e. The summed E-state index contributed by atoms with van der Waals surface area (Å²) in [6.07, 6.45) is 1.30. The fourth-order valence-electron chi connectivity index (χ4n) is 2.89. The predicted octanol–water partition coefficient (Wildman–Crippen LogP) is 3.17. The van der Waals surface area contributed by atoms with Crippen molar-refractivity contribution >= 4 is 33.4 Å². The second kappa shape index (κ2) is 9.21. The SMILES string of the molecule is Cc1ccc(-n2nc(C)c(NC(=O)CSc3ccc(S(=O)(=O)N(C)C)cn3)c2C)cc1. The summed E-state index contributed by atoms with van der Waals surface area (Å²) in [5, 5.41) is 8.04. The summed E-state index contributed by atoms with van der Waals surface area (Å²) < 4.78 is 27.1. The predicted molar refractivity (Wildman–Crippen MR) is 122 cm³/mol. The van der Waals surface area contributed by atoms with Gasteiger partial charge in [-0.25, -0.2) is 22.4 Å². The highest BCUT2D eigenvalue weighted by Gasteiger charge is 2.18. The zero-order chi connectivity index (χ0) is 22.8. The molecule has 0 aliphatic rings. The maximum Gasteiger partial charge on any atom is 0.244 e. The monoisotopic (exact) mass is 459 g/mol. The molecule has 31 heavy (non-hydrogen) atoms. The third-order valence-electron chi connectivity index (χ3n) is 4.67. The highest BCUT2D eigenvalue weighted by Crippen LogP contribution is 2.24. The molecule has 164 valence electrons. The summed E-state index contributed by atoms with van der Waals surface area (Å²) >= 11 is 1.23. The highest BCUT2D eigenvalue weighted by atomic mass is 32.2. The number of rotatable bonds is 7. The first-order chi connectivity index (χ1) is 14.6. The van der Waals surface area contributed by atoms with Gasteiger partial charge in [0.15, 0.2) is 0 Å². The van der Waals surface area contributed by atoms with E-state index < -0.39 is 10.0 Å². The van der Waals surface area contributed by atoms with Gasteiger partial charge in [-0.15, -0.1) is 0 Å². The number of hydrogen-bond donors (Lipinski definition) is 1. The Morgan fingerprint density at radius 3 is 2.35 bits per heavy atom. The third kappa shape index (κ3) is 5.15. The number of aryl methyl sites for hydroxylation is 2. The van der Waals surface area contributed by atoms with Crippen LogP contribution < -0.4 is 5.32 Å². The normalized spacial score (nSPS) is 11.7. The van der Waals surface area contributed by atoms with Crippen LogP contribution in [0.5, 0.6) is 0 Å². The molecule has 2 heterocycles. The Labute approximate surface area is 186 Å². The molecule has 0 unspecified atom stereocenters. The molecule has 0 spiro atoms. The van der Waals surface area contributed by atoms with Crippen molar-refractivity contribution in [1.82, 2.24) is 19.1 Å². The van der Waals surface area contributed by atoms with Gasteiger partial charge in [-0.2, -0.15) is 5.10 Å². The molecule has 0 atom stereocenters. The van der Waals surface area contributed by atoms with Crippen LogP contribution >= 0.6 is 11.8 Å². The topological polar surface area (TPSA) is 97.2 Å². The van der Waals surface area contributed by atoms with Crippen molar-refractivity contribution in [3.05, 3.63) is 59.5 Å². The average Bonchev–Trinajstić information content (AvgIpc) is 3.01. The molecule has 3 rings (SSSR count). The summed E-state index contributed by atoms with van der Waals surface area (Å²) in [4.78, 5) is 16.8. The first kappa shape index (κ1) is 23.0. The molecule has 0 saturated heterocycles. The molecule has 0 fully saturated rings. The summed E-state index contributed by atoms with van der Waals surface area (Å²) in [5.41, 5.74) is 4.35. The summed E-state index contributed by atoms with van der Waals surface area (Å²) in [6.45, 7) is 5.79. The van der Waals surface area contributed by atoms with E-state index in [1.54, 1.807) is 6.07 Å². The van der Waals surface area contributed by atoms with Crippen molar-refractivity contribution < 1.29 is 13.2 Å². The number of nitrogens with zero attached hydrogens (tertiary/aromatic N) is 4. The Kier molecular flexibility index (Phi) is 6.83. The minimum absolute atomic E-state index is 0.112. The summed E-state index contributed by atoms with van der Waals surface area (Å²) in [6, 6.07) is 11.1. The zero-order valence-electron chi connectivity index (χ0n) is 18.1. The van der Waals surface area contributed by atoms with E-state index in [2.05, 4.69) is 15.4 Å². The minimum atomic E-state index is -3.53. The Morgan fingerprint density at radius 1 is 1.10 bits per heavy atom. The largest absolute Gasteiger partial charge is 0.322 e.